The highest BCUT2D eigenvalue weighted by atomic mass is 16.5. The van der Waals surface area contributed by atoms with Crippen LogP contribution in [0.25, 0.3) is 0 Å². The van der Waals surface area contributed by atoms with E-state index in [9.17, 15) is 5.11 Å². The molecule has 5 atom stereocenters. The average molecular weight is 238 g/mol. The molecule has 1 heterocycles. The van der Waals surface area contributed by atoms with E-state index in [1.54, 1.807) is 0 Å². The summed E-state index contributed by atoms with van der Waals surface area (Å²) in [6.07, 6.45) is 5.48. The summed E-state index contributed by atoms with van der Waals surface area (Å²) in [5, 5.41) is 11.2. The first kappa shape index (κ1) is 12.0. The first-order valence-corrected chi connectivity index (χ1v) is 7.24. The number of ether oxygens (including phenoxy) is 1. The van der Waals surface area contributed by atoms with Crippen LogP contribution in [0, 0.1) is 17.8 Å². The Morgan fingerprint density at radius 1 is 1.06 bits per heavy atom. The Kier molecular flexibility index (Phi) is 2.30. The van der Waals surface area contributed by atoms with Crippen LogP contribution in [0.4, 0.5) is 0 Å². The Hall–Kier alpha value is -0.0800. The predicted octanol–water partition coefficient (Wildman–Crippen LogP) is 3.13. The largest absolute Gasteiger partial charge is 0.387 e. The topological polar surface area (TPSA) is 29.5 Å². The summed E-state index contributed by atoms with van der Waals surface area (Å²) in [4.78, 5) is 0. The van der Waals surface area contributed by atoms with Gasteiger partial charge < -0.3 is 9.84 Å². The van der Waals surface area contributed by atoms with Crippen LogP contribution < -0.4 is 0 Å². The van der Waals surface area contributed by atoms with Crippen LogP contribution in [0.5, 0.6) is 0 Å². The van der Waals surface area contributed by atoms with Crippen molar-refractivity contribution in [2.75, 3.05) is 0 Å². The maximum absolute atomic E-state index is 11.2. The van der Waals surface area contributed by atoms with Crippen molar-refractivity contribution in [1.82, 2.24) is 0 Å². The maximum atomic E-state index is 11.2. The summed E-state index contributed by atoms with van der Waals surface area (Å²) in [6.45, 7) is 8.92. The van der Waals surface area contributed by atoms with E-state index >= 15 is 0 Å². The predicted molar refractivity (Wildman–Crippen MR) is 67.7 cm³/mol. The molecule has 0 aromatic heterocycles. The van der Waals surface area contributed by atoms with E-state index in [-0.39, 0.29) is 11.2 Å². The zero-order chi connectivity index (χ0) is 12.5. The fraction of sp³-hybridized carbons (Fsp3) is 1.00. The molecule has 0 radical (unpaired) electrons. The molecule has 1 aliphatic heterocycles. The molecule has 3 fully saturated rings. The number of hydrogen-bond acceptors (Lipinski definition) is 2. The summed E-state index contributed by atoms with van der Waals surface area (Å²) < 4.78 is 6.50. The smallest absolute Gasteiger partial charge is 0.101 e. The van der Waals surface area contributed by atoms with Gasteiger partial charge >= 0.3 is 0 Å². The van der Waals surface area contributed by atoms with Crippen LogP contribution in [0.2, 0.25) is 0 Å². The van der Waals surface area contributed by atoms with E-state index < -0.39 is 5.60 Å². The molecule has 2 aliphatic carbocycles. The molecule has 1 spiro atoms. The van der Waals surface area contributed by atoms with Crippen LogP contribution in [0.1, 0.15) is 59.8 Å². The van der Waals surface area contributed by atoms with Gasteiger partial charge in [-0.1, -0.05) is 13.8 Å². The molecule has 2 saturated carbocycles. The number of rotatable bonds is 0. The molecule has 0 unspecified atom stereocenters. The lowest BCUT2D eigenvalue weighted by molar-refractivity contribution is -0.218. The van der Waals surface area contributed by atoms with E-state index in [1.165, 1.54) is 6.42 Å². The highest BCUT2D eigenvalue weighted by molar-refractivity contribution is 5.18. The standard InChI is InChI=1S/C15H26O2/c1-10-5-6-12-9-15(17-13(12,3)4)11(2)7-8-14(10,15)16/h10-12,16H,5-9H2,1-4H3/t10-,11-,12+,14+,15-/m0/s1. The first-order chi connectivity index (χ1) is 7.82. The Bertz CT molecular complexity index is 338. The third-order valence-corrected chi connectivity index (χ3v) is 6.23. The number of fused-ring (bicyclic) bond motifs is 1. The molecule has 1 saturated heterocycles. The fourth-order valence-corrected chi connectivity index (χ4v) is 4.88. The van der Waals surface area contributed by atoms with Crippen LogP contribution in [0.15, 0.2) is 0 Å². The molecule has 98 valence electrons. The molecule has 17 heavy (non-hydrogen) atoms. The number of aliphatic hydroxyl groups is 1. The second-order valence-corrected chi connectivity index (χ2v) is 7.34. The molecule has 0 amide bonds. The number of hydrogen-bond donors (Lipinski definition) is 1. The summed E-state index contributed by atoms with van der Waals surface area (Å²) in [5.41, 5.74) is -0.876. The average Bonchev–Trinajstić information content (AvgIpc) is 2.61. The van der Waals surface area contributed by atoms with Crippen molar-refractivity contribution in [3.63, 3.8) is 0 Å². The van der Waals surface area contributed by atoms with Gasteiger partial charge in [0.25, 0.3) is 0 Å². The third-order valence-electron chi connectivity index (χ3n) is 6.23. The lowest BCUT2D eigenvalue weighted by Crippen LogP contribution is -2.57. The Morgan fingerprint density at radius 3 is 2.47 bits per heavy atom. The van der Waals surface area contributed by atoms with Gasteiger partial charge in [-0.15, -0.1) is 0 Å². The van der Waals surface area contributed by atoms with Gasteiger partial charge in [0.2, 0.25) is 0 Å². The van der Waals surface area contributed by atoms with Gasteiger partial charge in [0.05, 0.1) is 11.2 Å². The Morgan fingerprint density at radius 2 is 1.76 bits per heavy atom. The van der Waals surface area contributed by atoms with Gasteiger partial charge in [0.15, 0.2) is 0 Å². The third kappa shape index (κ3) is 1.29. The molecular formula is C15H26O2. The van der Waals surface area contributed by atoms with E-state index in [2.05, 4.69) is 27.7 Å². The molecule has 2 bridgehead atoms. The van der Waals surface area contributed by atoms with Gasteiger partial charge in [-0.2, -0.15) is 0 Å². The van der Waals surface area contributed by atoms with Crippen molar-refractivity contribution in [1.29, 1.82) is 0 Å². The minimum absolute atomic E-state index is 0.0489. The zero-order valence-electron chi connectivity index (χ0n) is 11.6. The molecule has 3 rings (SSSR count). The van der Waals surface area contributed by atoms with Crippen LogP contribution in [-0.2, 0) is 4.74 Å². The molecule has 1 N–H and O–H groups in total. The van der Waals surface area contributed by atoms with Crippen LogP contribution >= 0.6 is 0 Å². The molecule has 2 heteroatoms. The first-order valence-electron chi connectivity index (χ1n) is 7.24. The quantitative estimate of drug-likeness (QED) is 0.702. The lowest BCUT2D eigenvalue weighted by atomic mass is 9.73. The van der Waals surface area contributed by atoms with E-state index in [0.29, 0.717) is 17.8 Å². The van der Waals surface area contributed by atoms with Crippen molar-refractivity contribution in [3.8, 4) is 0 Å². The fourth-order valence-electron chi connectivity index (χ4n) is 4.88. The molecule has 0 aromatic rings. The van der Waals surface area contributed by atoms with Crippen molar-refractivity contribution < 1.29 is 9.84 Å². The van der Waals surface area contributed by atoms with Crippen molar-refractivity contribution in [3.05, 3.63) is 0 Å². The minimum Gasteiger partial charge on any atom is -0.387 e. The Balaban J connectivity index is 2.09. The van der Waals surface area contributed by atoms with Gasteiger partial charge in [-0.25, -0.2) is 0 Å². The second kappa shape index (κ2) is 3.27. The molecule has 0 aromatic carbocycles. The SMILES string of the molecule is C[C@H]1CC[C@@H]2C[C@]3(OC2(C)C)[C@@H](C)CC[C@@]13O. The highest BCUT2D eigenvalue weighted by Gasteiger charge is 2.68. The lowest BCUT2D eigenvalue weighted by Gasteiger charge is -2.46. The molecule has 2 nitrogen and oxygen atoms in total. The van der Waals surface area contributed by atoms with Gasteiger partial charge in [0.1, 0.15) is 5.60 Å². The van der Waals surface area contributed by atoms with Gasteiger partial charge in [0, 0.05) is 0 Å². The summed E-state index contributed by atoms with van der Waals surface area (Å²) >= 11 is 0. The highest BCUT2D eigenvalue weighted by Crippen LogP contribution is 2.63. The van der Waals surface area contributed by atoms with Gasteiger partial charge in [-0.3, -0.25) is 0 Å². The van der Waals surface area contributed by atoms with Crippen molar-refractivity contribution >= 4 is 0 Å². The summed E-state index contributed by atoms with van der Waals surface area (Å²) in [7, 11) is 0. The van der Waals surface area contributed by atoms with E-state index in [0.717, 1.165) is 25.7 Å². The normalized spacial score (nSPS) is 56.6. The maximum Gasteiger partial charge on any atom is 0.101 e. The summed E-state index contributed by atoms with van der Waals surface area (Å²) in [5.74, 6) is 1.50. The van der Waals surface area contributed by atoms with E-state index in [4.69, 9.17) is 4.74 Å². The Labute approximate surface area is 105 Å². The monoisotopic (exact) mass is 238 g/mol. The zero-order valence-corrected chi connectivity index (χ0v) is 11.6. The second-order valence-electron chi connectivity index (χ2n) is 7.34. The van der Waals surface area contributed by atoms with E-state index in [1.807, 2.05) is 0 Å². The molecule has 3 aliphatic rings. The van der Waals surface area contributed by atoms with Gasteiger partial charge in [-0.05, 0) is 63.7 Å². The van der Waals surface area contributed by atoms with Crippen LogP contribution in [0.3, 0.4) is 0 Å². The molecular weight excluding hydrogens is 212 g/mol. The van der Waals surface area contributed by atoms with Crippen molar-refractivity contribution in [2.24, 2.45) is 17.8 Å². The summed E-state index contributed by atoms with van der Waals surface area (Å²) in [6, 6.07) is 0. The minimum atomic E-state index is -0.574. The van der Waals surface area contributed by atoms with Crippen molar-refractivity contribution in [2.45, 2.75) is 76.6 Å². The van der Waals surface area contributed by atoms with Crippen LogP contribution in [-0.4, -0.2) is 21.9 Å².